The largest absolute Gasteiger partial charge is 0.461 e. The van der Waals surface area contributed by atoms with Crippen molar-refractivity contribution in [1.82, 2.24) is 9.88 Å². The van der Waals surface area contributed by atoms with Crippen LogP contribution < -0.4 is 5.32 Å². The highest BCUT2D eigenvalue weighted by atomic mass is 32.1. The third-order valence-electron chi connectivity index (χ3n) is 3.13. The van der Waals surface area contributed by atoms with E-state index in [0.29, 0.717) is 12.3 Å². The topological polar surface area (TPSA) is 54.5 Å². The lowest BCUT2D eigenvalue weighted by Crippen LogP contribution is -2.30. The number of nitrogens with zero attached hydrogens (tertiary/aromatic N) is 2. The summed E-state index contributed by atoms with van der Waals surface area (Å²) in [5.74, 6) is -0.347. The maximum atomic E-state index is 11.5. The van der Waals surface area contributed by atoms with E-state index < -0.39 is 0 Å². The summed E-state index contributed by atoms with van der Waals surface area (Å²) in [4.78, 5) is 18.2. The first-order chi connectivity index (χ1) is 9.24. The van der Waals surface area contributed by atoms with Gasteiger partial charge in [-0.25, -0.2) is 9.78 Å². The van der Waals surface area contributed by atoms with E-state index in [1.807, 2.05) is 0 Å². The van der Waals surface area contributed by atoms with Gasteiger partial charge in [-0.2, -0.15) is 0 Å². The molecular weight excluding hydrogens is 262 g/mol. The maximum absolute atomic E-state index is 11.5. The normalized spacial score (nSPS) is 14.7. The first-order valence-electron chi connectivity index (χ1n) is 6.85. The van der Waals surface area contributed by atoms with Crippen molar-refractivity contribution in [3.8, 4) is 0 Å². The summed E-state index contributed by atoms with van der Waals surface area (Å²) >= 11 is 1.45. The van der Waals surface area contributed by atoms with Gasteiger partial charge in [-0.15, -0.1) is 11.3 Å². The number of ether oxygens (including phenoxy) is 1. The van der Waals surface area contributed by atoms with Crippen molar-refractivity contribution in [1.29, 1.82) is 0 Å². The second kappa shape index (κ2) is 6.86. The molecule has 1 heterocycles. The van der Waals surface area contributed by atoms with Crippen LogP contribution in [0.4, 0.5) is 5.13 Å². The Morgan fingerprint density at radius 1 is 1.58 bits per heavy atom. The van der Waals surface area contributed by atoms with Gasteiger partial charge in [0.2, 0.25) is 0 Å². The number of hydrogen-bond donors (Lipinski definition) is 1. The van der Waals surface area contributed by atoms with Crippen molar-refractivity contribution in [2.45, 2.75) is 32.7 Å². The highest BCUT2D eigenvalue weighted by Crippen LogP contribution is 2.26. The number of carbonyl (C=O) groups excluding carboxylic acids is 1. The molecule has 1 aromatic heterocycles. The lowest BCUT2D eigenvalue weighted by molar-refractivity contribution is 0.0520. The number of aromatic nitrogens is 1. The van der Waals surface area contributed by atoms with Gasteiger partial charge >= 0.3 is 5.97 Å². The van der Waals surface area contributed by atoms with E-state index in [9.17, 15) is 4.79 Å². The van der Waals surface area contributed by atoms with Gasteiger partial charge in [0.1, 0.15) is 0 Å². The minimum atomic E-state index is -0.347. The average Bonchev–Trinajstić information content (AvgIpc) is 3.13. The van der Waals surface area contributed by atoms with Crippen LogP contribution in [0.1, 0.15) is 37.2 Å². The predicted molar refractivity (Wildman–Crippen MR) is 76.8 cm³/mol. The third kappa shape index (κ3) is 4.18. The molecule has 0 aliphatic heterocycles. The van der Waals surface area contributed by atoms with E-state index in [4.69, 9.17) is 4.74 Å². The van der Waals surface area contributed by atoms with Crippen LogP contribution in [0.5, 0.6) is 0 Å². The number of rotatable bonds is 8. The van der Waals surface area contributed by atoms with E-state index >= 15 is 0 Å². The SMILES string of the molecule is CCOC(=O)c1csc(NCCN(CC)C2CC2)n1. The highest BCUT2D eigenvalue weighted by Gasteiger charge is 2.27. The van der Waals surface area contributed by atoms with Crippen LogP contribution in [0.2, 0.25) is 0 Å². The number of esters is 1. The zero-order valence-electron chi connectivity index (χ0n) is 11.5. The quantitative estimate of drug-likeness (QED) is 0.741. The van der Waals surface area contributed by atoms with E-state index in [-0.39, 0.29) is 5.97 Å². The van der Waals surface area contributed by atoms with Gasteiger partial charge in [0.15, 0.2) is 10.8 Å². The molecule has 0 radical (unpaired) electrons. The number of thiazole rings is 1. The number of nitrogens with one attached hydrogen (secondary N) is 1. The van der Waals surface area contributed by atoms with Crippen molar-refractivity contribution in [2.75, 3.05) is 31.6 Å². The smallest absolute Gasteiger partial charge is 0.357 e. The molecule has 0 amide bonds. The molecule has 0 saturated heterocycles. The van der Waals surface area contributed by atoms with Gasteiger partial charge in [-0.05, 0) is 26.3 Å². The molecule has 0 unspecified atom stereocenters. The standard InChI is InChI=1S/C13H21N3O2S/c1-3-16(10-5-6-10)8-7-14-13-15-11(9-19-13)12(17)18-4-2/h9-10H,3-8H2,1-2H3,(H,14,15). The van der Waals surface area contributed by atoms with Crippen molar-refractivity contribution in [3.05, 3.63) is 11.1 Å². The van der Waals surface area contributed by atoms with Gasteiger partial charge in [0.25, 0.3) is 0 Å². The average molecular weight is 283 g/mol. The Balaban J connectivity index is 1.75. The molecule has 1 N–H and O–H groups in total. The molecule has 1 aromatic rings. The second-order valence-electron chi connectivity index (χ2n) is 4.54. The first kappa shape index (κ1) is 14.3. The third-order valence-corrected chi connectivity index (χ3v) is 3.93. The van der Waals surface area contributed by atoms with Crippen molar-refractivity contribution >= 4 is 22.4 Å². The molecule has 1 aliphatic rings. The lowest BCUT2D eigenvalue weighted by atomic mass is 10.4. The zero-order valence-corrected chi connectivity index (χ0v) is 12.3. The van der Waals surface area contributed by atoms with Gasteiger partial charge in [-0.1, -0.05) is 6.92 Å². The van der Waals surface area contributed by atoms with E-state index in [0.717, 1.165) is 30.8 Å². The maximum Gasteiger partial charge on any atom is 0.357 e. The molecule has 0 spiro atoms. The van der Waals surface area contributed by atoms with Crippen molar-refractivity contribution in [2.24, 2.45) is 0 Å². The molecule has 106 valence electrons. The summed E-state index contributed by atoms with van der Waals surface area (Å²) in [6.45, 7) is 7.35. The summed E-state index contributed by atoms with van der Waals surface area (Å²) in [6, 6.07) is 0.790. The minimum Gasteiger partial charge on any atom is -0.461 e. The Labute approximate surface area is 118 Å². The fraction of sp³-hybridized carbons (Fsp3) is 0.692. The molecule has 19 heavy (non-hydrogen) atoms. The van der Waals surface area contributed by atoms with Crippen LogP contribution in [0.3, 0.4) is 0 Å². The molecule has 1 aliphatic carbocycles. The number of likely N-dealkylation sites (N-methyl/N-ethyl adjacent to an activating group) is 1. The number of carbonyl (C=O) groups is 1. The Morgan fingerprint density at radius 2 is 2.37 bits per heavy atom. The van der Waals surface area contributed by atoms with Crippen molar-refractivity contribution < 1.29 is 9.53 Å². The van der Waals surface area contributed by atoms with Crippen LogP contribution in [-0.2, 0) is 4.74 Å². The van der Waals surface area contributed by atoms with Gasteiger partial charge in [0, 0.05) is 24.5 Å². The van der Waals surface area contributed by atoms with Gasteiger partial charge < -0.3 is 10.1 Å². The molecule has 6 heteroatoms. The van der Waals surface area contributed by atoms with Crippen LogP contribution in [0, 0.1) is 0 Å². The fourth-order valence-electron chi connectivity index (χ4n) is 2.00. The Kier molecular flexibility index (Phi) is 5.15. The highest BCUT2D eigenvalue weighted by molar-refractivity contribution is 7.13. The Hall–Kier alpha value is -1.14. The van der Waals surface area contributed by atoms with Gasteiger partial charge in [0.05, 0.1) is 6.61 Å². The molecule has 2 rings (SSSR count). The minimum absolute atomic E-state index is 0.347. The summed E-state index contributed by atoms with van der Waals surface area (Å²) in [6.07, 6.45) is 2.66. The van der Waals surface area contributed by atoms with Crippen molar-refractivity contribution in [3.63, 3.8) is 0 Å². The molecule has 0 bridgehead atoms. The summed E-state index contributed by atoms with van der Waals surface area (Å²) in [5, 5.41) is 5.79. The van der Waals surface area contributed by atoms with Gasteiger partial charge in [-0.3, -0.25) is 4.90 Å². The predicted octanol–water partition coefficient (Wildman–Crippen LogP) is 2.22. The van der Waals surface area contributed by atoms with Crippen LogP contribution >= 0.6 is 11.3 Å². The molecule has 0 atom stereocenters. The molecule has 1 fully saturated rings. The van der Waals surface area contributed by atoms with E-state index in [2.05, 4.69) is 22.1 Å². The second-order valence-corrected chi connectivity index (χ2v) is 5.40. The van der Waals surface area contributed by atoms with E-state index in [1.54, 1.807) is 12.3 Å². The van der Waals surface area contributed by atoms with Crippen LogP contribution in [-0.4, -0.2) is 48.1 Å². The Morgan fingerprint density at radius 3 is 3.00 bits per heavy atom. The molecule has 1 saturated carbocycles. The Bertz CT molecular complexity index is 418. The van der Waals surface area contributed by atoms with E-state index in [1.165, 1.54) is 24.2 Å². The molecule has 0 aromatic carbocycles. The summed E-state index contributed by atoms with van der Waals surface area (Å²) in [7, 11) is 0. The first-order valence-corrected chi connectivity index (χ1v) is 7.73. The lowest BCUT2D eigenvalue weighted by Gasteiger charge is -2.19. The molecular formula is C13H21N3O2S. The van der Waals surface area contributed by atoms with Crippen LogP contribution in [0.25, 0.3) is 0 Å². The monoisotopic (exact) mass is 283 g/mol. The number of hydrogen-bond acceptors (Lipinski definition) is 6. The van der Waals surface area contributed by atoms with Crippen LogP contribution in [0.15, 0.2) is 5.38 Å². The zero-order chi connectivity index (χ0) is 13.7. The molecule has 5 nitrogen and oxygen atoms in total. The summed E-state index contributed by atoms with van der Waals surface area (Å²) < 4.78 is 4.91. The summed E-state index contributed by atoms with van der Waals surface area (Å²) in [5.41, 5.74) is 0.392. The number of anilines is 1. The fourth-order valence-corrected chi connectivity index (χ4v) is 2.71.